The first-order valence-electron chi connectivity index (χ1n) is 6.27. The lowest BCUT2D eigenvalue weighted by atomic mass is 10.2. The summed E-state index contributed by atoms with van der Waals surface area (Å²) in [6, 6.07) is 3.88. The lowest BCUT2D eigenvalue weighted by Gasteiger charge is -2.06. The van der Waals surface area contributed by atoms with Crippen molar-refractivity contribution in [3.8, 4) is 0 Å². The monoisotopic (exact) mass is 339 g/mol. The van der Waals surface area contributed by atoms with Crippen molar-refractivity contribution < 1.29 is 14.6 Å². The summed E-state index contributed by atoms with van der Waals surface area (Å²) < 4.78 is 1.24. The smallest absolute Gasteiger partial charge is 0.306 e. The molecule has 1 aromatic heterocycles. The molecule has 11 heteroatoms. The van der Waals surface area contributed by atoms with Gasteiger partial charge in [-0.3, -0.25) is 29.7 Å². The number of hydrogen-bond donors (Lipinski definition) is 1. The molecule has 10 nitrogen and oxygen atoms in total. The summed E-state index contributed by atoms with van der Waals surface area (Å²) in [6.07, 6.45) is 2.21. The van der Waals surface area contributed by atoms with Gasteiger partial charge in [0.15, 0.2) is 0 Å². The lowest BCUT2D eigenvalue weighted by molar-refractivity contribution is -0.385. The molecule has 1 aromatic carbocycles. The van der Waals surface area contributed by atoms with Gasteiger partial charge >= 0.3 is 5.69 Å². The van der Waals surface area contributed by atoms with Crippen LogP contribution in [0.2, 0.25) is 5.02 Å². The number of carbonyl (C=O) groups is 1. The maximum absolute atomic E-state index is 11.8. The van der Waals surface area contributed by atoms with Gasteiger partial charge in [-0.15, -0.1) is 0 Å². The van der Waals surface area contributed by atoms with E-state index in [0.29, 0.717) is 0 Å². The minimum absolute atomic E-state index is 0.0239. The van der Waals surface area contributed by atoms with Crippen LogP contribution >= 0.6 is 11.6 Å². The topological polar surface area (TPSA) is 133 Å². The van der Waals surface area contributed by atoms with Crippen molar-refractivity contribution in [2.75, 3.05) is 5.32 Å². The molecule has 0 atom stereocenters. The highest BCUT2D eigenvalue weighted by Crippen LogP contribution is 2.27. The standard InChI is InChI=1S/C12H10ClN5O5/c13-8-1-2-10(11(5-8)18(22)23)15-12(19)3-4-16-7-9(6-14-16)17(20)21/h1-2,5-7H,3-4H2,(H,15,19). The predicted octanol–water partition coefficient (Wildman–Crippen LogP) is 2.38. The third-order valence-electron chi connectivity index (χ3n) is 2.83. The number of halogens is 1. The molecule has 0 aliphatic carbocycles. The second-order valence-corrected chi connectivity index (χ2v) is 4.87. The summed E-state index contributed by atoms with van der Waals surface area (Å²) in [4.78, 5) is 32.0. The number of nitrogens with zero attached hydrogens (tertiary/aromatic N) is 4. The van der Waals surface area contributed by atoms with Crippen LogP contribution in [0.25, 0.3) is 0 Å². The molecule has 1 amide bonds. The third-order valence-corrected chi connectivity index (χ3v) is 3.06. The van der Waals surface area contributed by atoms with Gasteiger partial charge in [-0.2, -0.15) is 5.10 Å². The maximum atomic E-state index is 11.8. The van der Waals surface area contributed by atoms with Crippen molar-refractivity contribution in [3.63, 3.8) is 0 Å². The van der Waals surface area contributed by atoms with E-state index in [2.05, 4.69) is 10.4 Å². The molecule has 0 saturated carbocycles. The van der Waals surface area contributed by atoms with Crippen molar-refractivity contribution in [1.82, 2.24) is 9.78 Å². The minimum atomic E-state index is -0.654. The Balaban J connectivity index is 1.99. The molecule has 0 aliphatic rings. The molecule has 2 rings (SSSR count). The number of benzene rings is 1. The van der Waals surface area contributed by atoms with Crippen molar-refractivity contribution >= 4 is 34.6 Å². The lowest BCUT2D eigenvalue weighted by Crippen LogP contribution is -2.15. The average molecular weight is 340 g/mol. The van der Waals surface area contributed by atoms with E-state index in [0.717, 1.165) is 12.3 Å². The fourth-order valence-corrected chi connectivity index (χ4v) is 1.93. The molecule has 0 aliphatic heterocycles. The van der Waals surface area contributed by atoms with Gasteiger partial charge in [0.1, 0.15) is 18.1 Å². The van der Waals surface area contributed by atoms with Crippen molar-refractivity contribution in [2.45, 2.75) is 13.0 Å². The Bertz CT molecular complexity index is 775. The first-order chi connectivity index (χ1) is 10.9. The van der Waals surface area contributed by atoms with Gasteiger partial charge in [0.05, 0.1) is 9.85 Å². The summed E-state index contributed by atoms with van der Waals surface area (Å²) >= 11 is 5.68. The number of aromatic nitrogens is 2. The second kappa shape index (κ2) is 6.83. The van der Waals surface area contributed by atoms with Crippen LogP contribution in [0.3, 0.4) is 0 Å². The van der Waals surface area contributed by atoms with Gasteiger partial charge < -0.3 is 5.32 Å². The number of nitro benzene ring substituents is 1. The molecule has 0 fully saturated rings. The Kier molecular flexibility index (Phi) is 4.86. The predicted molar refractivity (Wildman–Crippen MR) is 80.2 cm³/mol. The summed E-state index contributed by atoms with van der Waals surface area (Å²) in [5, 5.41) is 27.8. The number of nitro groups is 2. The van der Waals surface area contributed by atoms with Gasteiger partial charge in [0, 0.05) is 24.1 Å². The normalized spacial score (nSPS) is 10.3. The number of anilines is 1. The summed E-state index contributed by atoms with van der Waals surface area (Å²) in [6.45, 7) is 0.0983. The highest BCUT2D eigenvalue weighted by atomic mass is 35.5. The van der Waals surface area contributed by atoms with E-state index in [9.17, 15) is 25.0 Å². The maximum Gasteiger partial charge on any atom is 0.306 e. The fourth-order valence-electron chi connectivity index (χ4n) is 1.76. The van der Waals surface area contributed by atoms with E-state index in [4.69, 9.17) is 11.6 Å². The fraction of sp³-hybridized carbons (Fsp3) is 0.167. The Labute approximate surface area is 134 Å². The van der Waals surface area contributed by atoms with Crippen LogP contribution in [-0.4, -0.2) is 25.5 Å². The summed E-state index contributed by atoms with van der Waals surface area (Å²) in [5.74, 6) is -0.492. The van der Waals surface area contributed by atoms with E-state index >= 15 is 0 Å². The van der Waals surface area contributed by atoms with Gasteiger partial charge in [0.25, 0.3) is 5.69 Å². The Hall–Kier alpha value is -3.01. The van der Waals surface area contributed by atoms with Gasteiger partial charge in [-0.05, 0) is 12.1 Å². The molecular weight excluding hydrogens is 330 g/mol. The summed E-state index contributed by atoms with van der Waals surface area (Å²) in [5.41, 5.74) is -0.477. The molecule has 0 spiro atoms. The molecule has 120 valence electrons. The quantitative estimate of drug-likeness (QED) is 0.634. The van der Waals surface area contributed by atoms with E-state index in [1.165, 1.54) is 23.0 Å². The number of hydrogen-bond acceptors (Lipinski definition) is 6. The van der Waals surface area contributed by atoms with Crippen LogP contribution in [-0.2, 0) is 11.3 Å². The molecular formula is C12H10ClN5O5. The Morgan fingerprint density at radius 3 is 2.65 bits per heavy atom. The number of nitrogens with one attached hydrogen (secondary N) is 1. The van der Waals surface area contributed by atoms with Crippen LogP contribution in [0.15, 0.2) is 30.6 Å². The number of amides is 1. The molecule has 0 saturated heterocycles. The first kappa shape index (κ1) is 16.4. The zero-order chi connectivity index (χ0) is 17.0. The first-order valence-corrected chi connectivity index (χ1v) is 6.65. The van der Waals surface area contributed by atoms with Crippen LogP contribution < -0.4 is 5.32 Å². The van der Waals surface area contributed by atoms with E-state index in [1.807, 2.05) is 0 Å². The largest absolute Gasteiger partial charge is 0.320 e. The van der Waals surface area contributed by atoms with Crippen LogP contribution in [0.4, 0.5) is 17.1 Å². The molecule has 0 bridgehead atoms. The highest BCUT2D eigenvalue weighted by molar-refractivity contribution is 6.31. The van der Waals surface area contributed by atoms with E-state index in [1.54, 1.807) is 0 Å². The van der Waals surface area contributed by atoms with Gasteiger partial charge in [-0.25, -0.2) is 0 Å². The highest BCUT2D eigenvalue weighted by Gasteiger charge is 2.17. The number of rotatable bonds is 6. The zero-order valence-electron chi connectivity index (χ0n) is 11.5. The third kappa shape index (κ3) is 4.23. The Morgan fingerprint density at radius 1 is 1.30 bits per heavy atom. The number of carbonyl (C=O) groups excluding carboxylic acids is 1. The molecule has 1 N–H and O–H groups in total. The Morgan fingerprint density at radius 2 is 2.04 bits per heavy atom. The van der Waals surface area contributed by atoms with Crippen molar-refractivity contribution in [1.29, 1.82) is 0 Å². The van der Waals surface area contributed by atoms with E-state index in [-0.39, 0.29) is 35.1 Å². The van der Waals surface area contributed by atoms with Crippen LogP contribution in [0, 0.1) is 20.2 Å². The van der Waals surface area contributed by atoms with Crippen LogP contribution in [0.5, 0.6) is 0 Å². The second-order valence-electron chi connectivity index (χ2n) is 4.44. The van der Waals surface area contributed by atoms with Crippen LogP contribution in [0.1, 0.15) is 6.42 Å². The van der Waals surface area contributed by atoms with Gasteiger partial charge in [-0.1, -0.05) is 11.6 Å². The molecule has 0 radical (unpaired) electrons. The molecule has 1 heterocycles. The molecule has 23 heavy (non-hydrogen) atoms. The van der Waals surface area contributed by atoms with Crippen molar-refractivity contribution in [2.24, 2.45) is 0 Å². The molecule has 2 aromatic rings. The van der Waals surface area contributed by atoms with Gasteiger partial charge in [0.2, 0.25) is 5.91 Å². The minimum Gasteiger partial charge on any atom is -0.320 e. The zero-order valence-corrected chi connectivity index (χ0v) is 12.3. The van der Waals surface area contributed by atoms with E-state index < -0.39 is 15.8 Å². The van der Waals surface area contributed by atoms with Crippen molar-refractivity contribution in [3.05, 3.63) is 55.8 Å². The SMILES string of the molecule is O=C(CCn1cc([N+](=O)[O-])cn1)Nc1ccc(Cl)cc1[N+](=O)[O-]. The number of aryl methyl sites for hydroxylation is 1. The summed E-state index contributed by atoms with van der Waals surface area (Å²) in [7, 11) is 0. The average Bonchev–Trinajstić information content (AvgIpc) is 2.96. The molecule has 0 unspecified atom stereocenters.